The minimum absolute atomic E-state index is 0.0687. The summed E-state index contributed by atoms with van der Waals surface area (Å²) < 4.78 is 52.7. The molecule has 0 saturated carbocycles. The third kappa shape index (κ3) is 4.41. The van der Waals surface area contributed by atoms with Crippen molar-refractivity contribution in [2.45, 2.75) is 32.9 Å². The summed E-state index contributed by atoms with van der Waals surface area (Å²) in [5, 5.41) is 9.11. The van der Waals surface area contributed by atoms with Gasteiger partial charge in [-0.2, -0.15) is 18.4 Å². The second-order valence-electron chi connectivity index (χ2n) is 7.55. The SMILES string of the molecule is CN(CCC1C=C(C#N)C(=O)C(C)(C)C1)C(=O)c1cccc(C(F)(F)F)c1F. The molecule has 8 heteroatoms. The molecule has 0 spiro atoms. The first-order valence-corrected chi connectivity index (χ1v) is 8.66. The van der Waals surface area contributed by atoms with Gasteiger partial charge in [-0.25, -0.2) is 4.39 Å². The van der Waals surface area contributed by atoms with Gasteiger partial charge in [0.2, 0.25) is 0 Å². The molecule has 0 N–H and O–H groups in total. The maximum atomic E-state index is 14.2. The highest BCUT2D eigenvalue weighted by Gasteiger charge is 2.38. The van der Waals surface area contributed by atoms with Crippen molar-refractivity contribution in [2.24, 2.45) is 11.3 Å². The minimum Gasteiger partial charge on any atom is -0.342 e. The number of nitriles is 1. The maximum absolute atomic E-state index is 14.2. The lowest BCUT2D eigenvalue weighted by molar-refractivity contribution is -0.140. The Labute approximate surface area is 160 Å². The van der Waals surface area contributed by atoms with Gasteiger partial charge in [0.25, 0.3) is 5.91 Å². The lowest BCUT2D eigenvalue weighted by Crippen LogP contribution is -2.34. The van der Waals surface area contributed by atoms with E-state index < -0.39 is 34.4 Å². The molecule has 2 rings (SSSR count). The molecular formula is C20H20F4N2O2. The summed E-state index contributed by atoms with van der Waals surface area (Å²) in [4.78, 5) is 25.7. The Morgan fingerprint density at radius 2 is 2.00 bits per heavy atom. The highest BCUT2D eigenvalue weighted by Crippen LogP contribution is 2.37. The van der Waals surface area contributed by atoms with E-state index in [0.29, 0.717) is 18.9 Å². The highest BCUT2D eigenvalue weighted by molar-refractivity contribution is 6.03. The molecule has 1 aliphatic rings. The number of Topliss-reactive ketones (excluding diaryl/α,β-unsaturated/α-hetero) is 1. The monoisotopic (exact) mass is 396 g/mol. The number of hydrogen-bond acceptors (Lipinski definition) is 3. The summed E-state index contributed by atoms with van der Waals surface area (Å²) >= 11 is 0. The summed E-state index contributed by atoms with van der Waals surface area (Å²) in [5.41, 5.74) is -2.77. The lowest BCUT2D eigenvalue weighted by atomic mass is 9.71. The first-order chi connectivity index (χ1) is 12.9. The fourth-order valence-electron chi connectivity index (χ4n) is 3.34. The number of hydrogen-bond donors (Lipinski definition) is 0. The summed E-state index contributed by atoms with van der Waals surface area (Å²) in [5.74, 6) is -2.84. The van der Waals surface area contributed by atoms with Crippen LogP contribution < -0.4 is 0 Å². The number of halogens is 4. The number of alkyl halides is 3. The number of ketones is 1. The molecule has 1 atom stereocenters. The smallest absolute Gasteiger partial charge is 0.342 e. The topological polar surface area (TPSA) is 61.2 Å². The molecule has 0 aliphatic heterocycles. The van der Waals surface area contributed by atoms with Gasteiger partial charge in [-0.15, -0.1) is 0 Å². The molecule has 0 heterocycles. The van der Waals surface area contributed by atoms with Crippen molar-refractivity contribution >= 4 is 11.7 Å². The van der Waals surface area contributed by atoms with E-state index in [4.69, 9.17) is 5.26 Å². The Bertz CT molecular complexity index is 866. The van der Waals surface area contributed by atoms with E-state index in [0.717, 1.165) is 17.0 Å². The number of carbonyl (C=O) groups excluding carboxylic acids is 2. The Hall–Kier alpha value is -2.69. The maximum Gasteiger partial charge on any atom is 0.419 e. The van der Waals surface area contributed by atoms with Crippen LogP contribution in [-0.4, -0.2) is 30.2 Å². The van der Waals surface area contributed by atoms with Crippen LogP contribution in [0.25, 0.3) is 0 Å². The largest absolute Gasteiger partial charge is 0.419 e. The molecule has 1 aromatic rings. The van der Waals surface area contributed by atoms with Gasteiger partial charge in [0.1, 0.15) is 11.9 Å². The van der Waals surface area contributed by atoms with Gasteiger partial charge < -0.3 is 4.90 Å². The number of nitrogens with zero attached hydrogens (tertiary/aromatic N) is 2. The molecule has 0 saturated heterocycles. The Balaban J connectivity index is 2.13. The first-order valence-electron chi connectivity index (χ1n) is 8.66. The van der Waals surface area contributed by atoms with E-state index in [-0.39, 0.29) is 23.8 Å². The van der Waals surface area contributed by atoms with Crippen molar-refractivity contribution in [1.29, 1.82) is 5.26 Å². The van der Waals surface area contributed by atoms with Crippen molar-refractivity contribution in [1.82, 2.24) is 4.90 Å². The molecule has 150 valence electrons. The number of amides is 1. The van der Waals surface area contributed by atoms with Crippen molar-refractivity contribution < 1.29 is 27.2 Å². The van der Waals surface area contributed by atoms with Crippen LogP contribution in [0.3, 0.4) is 0 Å². The van der Waals surface area contributed by atoms with Gasteiger partial charge in [0.05, 0.1) is 16.7 Å². The molecule has 0 fully saturated rings. The van der Waals surface area contributed by atoms with Crippen LogP contribution in [0.1, 0.15) is 42.6 Å². The molecule has 0 radical (unpaired) electrons. The standard InChI is InChI=1S/C20H20F4N2O2/c1-19(2)10-12(9-13(11-25)17(19)27)7-8-26(3)18(28)14-5-4-6-15(16(14)21)20(22,23)24/h4-6,9,12H,7-8,10H2,1-3H3. The van der Waals surface area contributed by atoms with Crippen LogP contribution in [0, 0.1) is 28.5 Å². The van der Waals surface area contributed by atoms with Gasteiger partial charge >= 0.3 is 6.18 Å². The van der Waals surface area contributed by atoms with E-state index in [2.05, 4.69) is 0 Å². The third-order valence-corrected chi connectivity index (χ3v) is 4.87. The molecule has 4 nitrogen and oxygen atoms in total. The summed E-state index contributed by atoms with van der Waals surface area (Å²) in [6.45, 7) is 3.61. The Morgan fingerprint density at radius 1 is 1.36 bits per heavy atom. The second-order valence-corrected chi connectivity index (χ2v) is 7.55. The lowest BCUT2D eigenvalue weighted by Gasteiger charge is -2.32. The normalized spacial score (nSPS) is 19.0. The van der Waals surface area contributed by atoms with Crippen LogP contribution in [0.4, 0.5) is 17.6 Å². The van der Waals surface area contributed by atoms with Crippen LogP contribution in [-0.2, 0) is 11.0 Å². The molecule has 1 aromatic carbocycles. The van der Waals surface area contributed by atoms with Crippen molar-refractivity contribution in [2.75, 3.05) is 13.6 Å². The van der Waals surface area contributed by atoms with Gasteiger partial charge in [0.15, 0.2) is 5.78 Å². The molecular weight excluding hydrogens is 376 g/mol. The summed E-state index contributed by atoms with van der Waals surface area (Å²) in [6, 6.07) is 4.47. The second kappa shape index (κ2) is 7.74. The number of rotatable bonds is 4. The summed E-state index contributed by atoms with van der Waals surface area (Å²) in [7, 11) is 1.37. The van der Waals surface area contributed by atoms with E-state index in [1.54, 1.807) is 19.9 Å². The van der Waals surface area contributed by atoms with Crippen LogP contribution in [0.15, 0.2) is 29.8 Å². The van der Waals surface area contributed by atoms with E-state index in [1.807, 2.05) is 6.07 Å². The Morgan fingerprint density at radius 3 is 2.57 bits per heavy atom. The fourth-order valence-corrected chi connectivity index (χ4v) is 3.34. The van der Waals surface area contributed by atoms with Crippen LogP contribution in [0.2, 0.25) is 0 Å². The third-order valence-electron chi connectivity index (χ3n) is 4.87. The van der Waals surface area contributed by atoms with Crippen LogP contribution in [0.5, 0.6) is 0 Å². The van der Waals surface area contributed by atoms with E-state index in [9.17, 15) is 27.2 Å². The van der Waals surface area contributed by atoms with E-state index in [1.165, 1.54) is 7.05 Å². The molecule has 1 amide bonds. The average Bonchev–Trinajstić information content (AvgIpc) is 2.60. The zero-order valence-electron chi connectivity index (χ0n) is 15.7. The highest BCUT2D eigenvalue weighted by atomic mass is 19.4. The first kappa shape index (κ1) is 21.6. The van der Waals surface area contributed by atoms with Crippen LogP contribution >= 0.6 is 0 Å². The zero-order valence-corrected chi connectivity index (χ0v) is 15.7. The molecule has 1 unspecified atom stereocenters. The fraction of sp³-hybridized carbons (Fsp3) is 0.450. The molecule has 1 aliphatic carbocycles. The minimum atomic E-state index is -4.89. The number of carbonyl (C=O) groups is 2. The van der Waals surface area contributed by atoms with E-state index >= 15 is 0 Å². The van der Waals surface area contributed by atoms with Gasteiger partial charge in [-0.1, -0.05) is 26.0 Å². The van der Waals surface area contributed by atoms with Gasteiger partial charge in [-0.05, 0) is 30.9 Å². The van der Waals surface area contributed by atoms with Gasteiger partial charge in [0, 0.05) is 19.0 Å². The van der Waals surface area contributed by atoms with Crippen molar-refractivity contribution in [3.63, 3.8) is 0 Å². The predicted octanol–water partition coefficient (Wildman–Crippen LogP) is 4.37. The average molecular weight is 396 g/mol. The quantitative estimate of drug-likeness (QED) is 0.710. The molecule has 0 aromatic heterocycles. The number of benzene rings is 1. The predicted molar refractivity (Wildman–Crippen MR) is 93.6 cm³/mol. The van der Waals surface area contributed by atoms with Crippen molar-refractivity contribution in [3.8, 4) is 6.07 Å². The number of allylic oxidation sites excluding steroid dienone is 2. The molecule has 28 heavy (non-hydrogen) atoms. The Kier molecular flexibility index (Phi) is 5.97. The van der Waals surface area contributed by atoms with Crippen molar-refractivity contribution in [3.05, 3.63) is 46.8 Å². The molecule has 0 bridgehead atoms. The van der Waals surface area contributed by atoms with Gasteiger partial charge in [-0.3, -0.25) is 9.59 Å². The summed E-state index contributed by atoms with van der Waals surface area (Å²) in [6.07, 6.45) is -2.45. The zero-order chi connectivity index (χ0) is 21.3.